The second-order valence-electron chi connectivity index (χ2n) is 5.50. The van der Waals surface area contributed by atoms with E-state index < -0.39 is 0 Å². The van der Waals surface area contributed by atoms with Crippen LogP contribution < -0.4 is 5.32 Å². The molecule has 2 saturated carbocycles. The Morgan fingerprint density at radius 3 is 3.00 bits per heavy atom. The van der Waals surface area contributed by atoms with Gasteiger partial charge in [-0.15, -0.1) is 11.3 Å². The van der Waals surface area contributed by atoms with Crippen molar-refractivity contribution in [1.82, 2.24) is 5.32 Å². The summed E-state index contributed by atoms with van der Waals surface area (Å²) in [7, 11) is 0. The van der Waals surface area contributed by atoms with Crippen LogP contribution in [-0.2, 0) is 11.3 Å². The number of hydrogen-bond acceptors (Lipinski definition) is 2. The Labute approximate surface area is 106 Å². The van der Waals surface area contributed by atoms with E-state index in [1.165, 1.54) is 30.6 Å². The Kier molecular flexibility index (Phi) is 3.19. The predicted octanol–water partition coefficient (Wildman–Crippen LogP) is 3.19. The molecule has 1 aromatic heterocycles. The normalized spacial score (nSPS) is 30.7. The van der Waals surface area contributed by atoms with Crippen molar-refractivity contribution >= 4 is 17.2 Å². The van der Waals surface area contributed by atoms with E-state index in [1.807, 2.05) is 6.07 Å². The van der Waals surface area contributed by atoms with Crippen molar-refractivity contribution in [2.24, 2.45) is 17.8 Å². The predicted molar refractivity (Wildman–Crippen MR) is 69.7 cm³/mol. The number of nitrogens with one attached hydrogen (secondary N) is 1. The van der Waals surface area contributed by atoms with Gasteiger partial charge in [-0.25, -0.2) is 0 Å². The maximum absolute atomic E-state index is 11.9. The molecule has 0 radical (unpaired) electrons. The van der Waals surface area contributed by atoms with Gasteiger partial charge in [0.2, 0.25) is 5.91 Å². The average Bonchev–Trinajstić information content (AvgIpc) is 3.03. The van der Waals surface area contributed by atoms with Crippen LogP contribution in [0.1, 0.15) is 37.0 Å². The lowest BCUT2D eigenvalue weighted by molar-refractivity contribution is -0.122. The third-order valence-corrected chi connectivity index (χ3v) is 5.25. The van der Waals surface area contributed by atoms with Gasteiger partial charge in [-0.05, 0) is 48.5 Å². The largest absolute Gasteiger partial charge is 0.351 e. The Bertz CT molecular complexity index is 387. The Balaban J connectivity index is 1.44. The second-order valence-corrected chi connectivity index (χ2v) is 6.53. The van der Waals surface area contributed by atoms with Gasteiger partial charge < -0.3 is 5.32 Å². The van der Waals surface area contributed by atoms with E-state index in [0.29, 0.717) is 12.5 Å². The molecule has 92 valence electrons. The topological polar surface area (TPSA) is 29.1 Å². The van der Waals surface area contributed by atoms with Crippen LogP contribution in [0.4, 0.5) is 0 Å². The van der Waals surface area contributed by atoms with E-state index in [1.54, 1.807) is 11.3 Å². The van der Waals surface area contributed by atoms with Crippen LogP contribution in [0.5, 0.6) is 0 Å². The molecule has 1 amide bonds. The van der Waals surface area contributed by atoms with Gasteiger partial charge in [0.1, 0.15) is 0 Å². The minimum absolute atomic E-state index is 0.246. The summed E-state index contributed by atoms with van der Waals surface area (Å²) in [6.07, 6.45) is 6.23. The lowest BCUT2D eigenvalue weighted by atomic mass is 9.86. The third-order valence-electron chi connectivity index (χ3n) is 4.37. The minimum atomic E-state index is 0.246. The molecule has 3 heteroatoms. The summed E-state index contributed by atoms with van der Waals surface area (Å²) < 4.78 is 0. The number of carbonyl (C=O) groups is 1. The molecule has 1 heterocycles. The zero-order valence-electron chi connectivity index (χ0n) is 10.0. The van der Waals surface area contributed by atoms with E-state index in [9.17, 15) is 4.79 Å². The highest BCUT2D eigenvalue weighted by molar-refractivity contribution is 7.09. The number of hydrogen-bond donors (Lipinski definition) is 1. The fourth-order valence-corrected chi connectivity index (χ4v) is 4.18. The molecule has 2 aliphatic rings. The smallest absolute Gasteiger partial charge is 0.220 e. The van der Waals surface area contributed by atoms with Gasteiger partial charge >= 0.3 is 0 Å². The average molecular weight is 249 g/mol. The fraction of sp³-hybridized carbons (Fsp3) is 0.643. The van der Waals surface area contributed by atoms with Gasteiger partial charge in [-0.1, -0.05) is 12.5 Å². The van der Waals surface area contributed by atoms with Crippen molar-refractivity contribution in [3.8, 4) is 0 Å². The molecule has 3 rings (SSSR count). The first-order chi connectivity index (χ1) is 8.31. The Morgan fingerprint density at radius 2 is 2.35 bits per heavy atom. The first kappa shape index (κ1) is 11.3. The molecule has 17 heavy (non-hydrogen) atoms. The molecule has 2 aliphatic carbocycles. The monoisotopic (exact) mass is 249 g/mol. The number of fused-ring (bicyclic) bond motifs is 2. The van der Waals surface area contributed by atoms with Gasteiger partial charge in [0.05, 0.1) is 6.54 Å². The van der Waals surface area contributed by atoms with Crippen molar-refractivity contribution in [3.05, 3.63) is 22.4 Å². The van der Waals surface area contributed by atoms with Crippen LogP contribution in [-0.4, -0.2) is 5.91 Å². The lowest BCUT2D eigenvalue weighted by Crippen LogP contribution is -2.26. The molecule has 0 aliphatic heterocycles. The maximum atomic E-state index is 11.9. The lowest BCUT2D eigenvalue weighted by Gasteiger charge is -2.20. The standard InChI is InChI=1S/C14H19NOS/c16-14(15-9-13-2-1-5-17-13)8-12-7-10-3-4-11(12)6-10/h1-2,5,10-12H,3-4,6-9H2,(H,15,16)/t10-,11+,12-/m0/s1. The highest BCUT2D eigenvalue weighted by atomic mass is 32.1. The number of carbonyl (C=O) groups excluding carboxylic acids is 1. The highest BCUT2D eigenvalue weighted by Gasteiger charge is 2.39. The summed E-state index contributed by atoms with van der Waals surface area (Å²) in [6, 6.07) is 4.10. The summed E-state index contributed by atoms with van der Waals surface area (Å²) in [5, 5.41) is 5.10. The number of rotatable bonds is 4. The molecule has 2 nitrogen and oxygen atoms in total. The first-order valence-electron chi connectivity index (χ1n) is 6.60. The molecule has 2 fully saturated rings. The molecule has 1 N–H and O–H groups in total. The Hall–Kier alpha value is -0.830. The molecule has 0 saturated heterocycles. The van der Waals surface area contributed by atoms with Crippen LogP contribution in [0, 0.1) is 17.8 Å². The third kappa shape index (κ3) is 2.54. The first-order valence-corrected chi connectivity index (χ1v) is 7.48. The van der Waals surface area contributed by atoms with Crippen molar-refractivity contribution in [2.75, 3.05) is 0 Å². The molecular weight excluding hydrogens is 230 g/mol. The van der Waals surface area contributed by atoms with E-state index >= 15 is 0 Å². The summed E-state index contributed by atoms with van der Waals surface area (Å²) >= 11 is 1.71. The van der Waals surface area contributed by atoms with E-state index in [4.69, 9.17) is 0 Å². The summed E-state index contributed by atoms with van der Waals surface area (Å²) in [5.74, 6) is 2.72. The van der Waals surface area contributed by atoms with Crippen molar-refractivity contribution in [3.63, 3.8) is 0 Å². The van der Waals surface area contributed by atoms with Gasteiger partial charge in [-0.3, -0.25) is 4.79 Å². The van der Waals surface area contributed by atoms with Crippen LogP contribution >= 0.6 is 11.3 Å². The van der Waals surface area contributed by atoms with Crippen molar-refractivity contribution in [2.45, 2.75) is 38.6 Å². The quantitative estimate of drug-likeness (QED) is 0.872. The summed E-state index contributed by atoms with van der Waals surface area (Å²) in [6.45, 7) is 0.706. The number of thiophene rings is 1. The van der Waals surface area contributed by atoms with Crippen LogP contribution in [0.2, 0.25) is 0 Å². The molecule has 2 bridgehead atoms. The maximum Gasteiger partial charge on any atom is 0.220 e. The molecule has 0 unspecified atom stereocenters. The molecule has 1 aromatic rings. The van der Waals surface area contributed by atoms with Crippen LogP contribution in [0.25, 0.3) is 0 Å². The van der Waals surface area contributed by atoms with Gasteiger partial charge in [-0.2, -0.15) is 0 Å². The van der Waals surface area contributed by atoms with Crippen LogP contribution in [0.15, 0.2) is 17.5 Å². The summed E-state index contributed by atoms with van der Waals surface area (Å²) in [4.78, 5) is 13.1. The number of amides is 1. The highest BCUT2D eigenvalue weighted by Crippen LogP contribution is 2.49. The summed E-state index contributed by atoms with van der Waals surface area (Å²) in [5.41, 5.74) is 0. The van der Waals surface area contributed by atoms with E-state index in [0.717, 1.165) is 18.3 Å². The van der Waals surface area contributed by atoms with E-state index in [2.05, 4.69) is 16.8 Å². The van der Waals surface area contributed by atoms with Crippen LogP contribution in [0.3, 0.4) is 0 Å². The molecule has 0 aromatic carbocycles. The fourth-order valence-electron chi connectivity index (χ4n) is 3.54. The van der Waals surface area contributed by atoms with E-state index in [-0.39, 0.29) is 5.91 Å². The SMILES string of the molecule is O=C(C[C@@H]1C[C@H]2CC[C@@H]1C2)NCc1cccs1. The zero-order valence-corrected chi connectivity index (χ0v) is 10.8. The van der Waals surface area contributed by atoms with Crippen molar-refractivity contribution in [1.29, 1.82) is 0 Å². The molecular formula is C14H19NOS. The van der Waals surface area contributed by atoms with Gasteiger partial charge in [0.25, 0.3) is 0 Å². The second kappa shape index (κ2) is 4.81. The van der Waals surface area contributed by atoms with Crippen molar-refractivity contribution < 1.29 is 4.79 Å². The minimum Gasteiger partial charge on any atom is -0.351 e. The van der Waals surface area contributed by atoms with Gasteiger partial charge in [0, 0.05) is 11.3 Å². The zero-order chi connectivity index (χ0) is 11.7. The van der Waals surface area contributed by atoms with Gasteiger partial charge in [0.15, 0.2) is 0 Å². The molecule has 3 atom stereocenters. The Morgan fingerprint density at radius 1 is 1.41 bits per heavy atom. The molecule has 0 spiro atoms.